The van der Waals surface area contributed by atoms with Crippen LogP contribution in [-0.4, -0.2) is 38.4 Å². The molecule has 6 heteroatoms. The average Bonchev–Trinajstić information content (AvgIpc) is 3.27. The highest BCUT2D eigenvalue weighted by Gasteiger charge is 2.19. The predicted octanol–water partition coefficient (Wildman–Crippen LogP) is 2.49. The van der Waals surface area contributed by atoms with Gasteiger partial charge in [0.25, 0.3) is 5.91 Å². The van der Waals surface area contributed by atoms with Crippen LogP contribution < -0.4 is 0 Å². The SMILES string of the molecule is O=C(c1cn2cc(-c3ccc(CO)o3)ccc2n1)N1CC=CCC1. The highest BCUT2D eigenvalue weighted by Crippen LogP contribution is 2.23. The van der Waals surface area contributed by atoms with E-state index in [4.69, 9.17) is 9.52 Å². The zero-order valence-electron chi connectivity index (χ0n) is 13.1. The lowest BCUT2D eigenvalue weighted by Crippen LogP contribution is -2.33. The van der Waals surface area contributed by atoms with E-state index in [0.717, 1.165) is 18.5 Å². The largest absolute Gasteiger partial charge is 0.459 e. The molecule has 1 amide bonds. The topological polar surface area (TPSA) is 71.0 Å². The van der Waals surface area contributed by atoms with Crippen LogP contribution in [0.4, 0.5) is 0 Å². The Labute approximate surface area is 138 Å². The number of aliphatic hydroxyl groups excluding tert-OH is 1. The summed E-state index contributed by atoms with van der Waals surface area (Å²) in [6.07, 6.45) is 8.59. The number of imidazole rings is 1. The highest BCUT2D eigenvalue weighted by atomic mass is 16.4. The number of aliphatic hydroxyl groups is 1. The lowest BCUT2D eigenvalue weighted by molar-refractivity contribution is 0.0766. The molecule has 3 aromatic heterocycles. The monoisotopic (exact) mass is 323 g/mol. The third-order valence-corrected chi connectivity index (χ3v) is 4.12. The summed E-state index contributed by atoms with van der Waals surface area (Å²) >= 11 is 0. The predicted molar refractivity (Wildman–Crippen MR) is 88.5 cm³/mol. The van der Waals surface area contributed by atoms with Gasteiger partial charge in [0.2, 0.25) is 0 Å². The molecule has 0 saturated heterocycles. The van der Waals surface area contributed by atoms with Crippen LogP contribution in [0.25, 0.3) is 17.0 Å². The number of furan rings is 1. The second-order valence-corrected chi connectivity index (χ2v) is 5.74. The standard InChI is InChI=1S/C18H17N3O3/c22-12-14-5-6-16(24-14)13-4-7-17-19-15(11-21(17)10-13)18(23)20-8-2-1-3-9-20/h1-2,4-7,10-11,22H,3,8-9,12H2. The first-order valence-corrected chi connectivity index (χ1v) is 7.87. The fourth-order valence-corrected chi connectivity index (χ4v) is 2.85. The van der Waals surface area contributed by atoms with Crippen LogP contribution in [0.3, 0.4) is 0 Å². The first-order chi connectivity index (χ1) is 11.7. The number of nitrogens with zero attached hydrogens (tertiary/aromatic N) is 3. The molecule has 0 radical (unpaired) electrons. The minimum absolute atomic E-state index is 0.0508. The molecule has 3 aromatic rings. The Morgan fingerprint density at radius 1 is 1.21 bits per heavy atom. The molecule has 1 N–H and O–H groups in total. The van der Waals surface area contributed by atoms with Gasteiger partial charge in [-0.2, -0.15) is 0 Å². The third kappa shape index (κ3) is 2.61. The molecular weight excluding hydrogens is 306 g/mol. The van der Waals surface area contributed by atoms with E-state index in [1.165, 1.54) is 0 Å². The van der Waals surface area contributed by atoms with Crippen molar-refractivity contribution in [1.82, 2.24) is 14.3 Å². The van der Waals surface area contributed by atoms with Gasteiger partial charge < -0.3 is 18.8 Å². The quantitative estimate of drug-likeness (QED) is 0.752. The Kier molecular flexibility index (Phi) is 3.66. The second kappa shape index (κ2) is 5.98. The maximum atomic E-state index is 12.5. The average molecular weight is 323 g/mol. The fourth-order valence-electron chi connectivity index (χ4n) is 2.85. The zero-order chi connectivity index (χ0) is 16.5. The number of pyridine rings is 1. The van der Waals surface area contributed by atoms with Crippen molar-refractivity contribution < 1.29 is 14.3 Å². The van der Waals surface area contributed by atoms with Crippen molar-refractivity contribution in [2.24, 2.45) is 0 Å². The summed E-state index contributed by atoms with van der Waals surface area (Å²) in [6, 6.07) is 7.30. The van der Waals surface area contributed by atoms with Crippen molar-refractivity contribution in [2.75, 3.05) is 13.1 Å². The van der Waals surface area contributed by atoms with Crippen molar-refractivity contribution in [3.8, 4) is 11.3 Å². The van der Waals surface area contributed by atoms with Gasteiger partial charge in [0.05, 0.1) is 0 Å². The molecule has 0 fully saturated rings. The van der Waals surface area contributed by atoms with E-state index in [9.17, 15) is 4.79 Å². The van der Waals surface area contributed by atoms with Crippen LogP contribution in [0.2, 0.25) is 0 Å². The molecule has 0 bridgehead atoms. The number of rotatable bonds is 3. The number of aromatic nitrogens is 2. The van der Waals surface area contributed by atoms with Crippen LogP contribution in [0.5, 0.6) is 0 Å². The zero-order valence-corrected chi connectivity index (χ0v) is 13.1. The number of fused-ring (bicyclic) bond motifs is 1. The van der Waals surface area contributed by atoms with Gasteiger partial charge in [0.1, 0.15) is 29.5 Å². The Bertz CT molecular complexity index is 923. The molecule has 0 saturated carbocycles. The molecule has 1 aliphatic heterocycles. The molecule has 4 heterocycles. The second-order valence-electron chi connectivity index (χ2n) is 5.74. The van der Waals surface area contributed by atoms with E-state index >= 15 is 0 Å². The van der Waals surface area contributed by atoms with Gasteiger partial charge >= 0.3 is 0 Å². The van der Waals surface area contributed by atoms with Gasteiger partial charge in [-0.1, -0.05) is 12.2 Å². The van der Waals surface area contributed by atoms with Crippen LogP contribution in [0.15, 0.2) is 53.2 Å². The fraction of sp³-hybridized carbons (Fsp3) is 0.222. The summed E-state index contributed by atoms with van der Waals surface area (Å²) < 4.78 is 7.37. The molecular formula is C18H17N3O3. The first-order valence-electron chi connectivity index (χ1n) is 7.87. The van der Waals surface area contributed by atoms with Crippen molar-refractivity contribution in [1.29, 1.82) is 0 Å². The van der Waals surface area contributed by atoms with E-state index in [1.54, 1.807) is 17.2 Å². The third-order valence-electron chi connectivity index (χ3n) is 4.12. The molecule has 122 valence electrons. The van der Waals surface area contributed by atoms with E-state index in [0.29, 0.717) is 29.4 Å². The van der Waals surface area contributed by atoms with Crippen molar-refractivity contribution in [3.63, 3.8) is 0 Å². The Hall–Kier alpha value is -2.86. The number of hydrogen-bond donors (Lipinski definition) is 1. The van der Waals surface area contributed by atoms with Crippen molar-refractivity contribution in [2.45, 2.75) is 13.0 Å². The number of amides is 1. The van der Waals surface area contributed by atoms with Gasteiger partial charge in [-0.3, -0.25) is 4.79 Å². The maximum Gasteiger partial charge on any atom is 0.274 e. The maximum absolute atomic E-state index is 12.5. The summed E-state index contributed by atoms with van der Waals surface area (Å²) in [4.78, 5) is 18.8. The van der Waals surface area contributed by atoms with Gasteiger partial charge in [-0.25, -0.2) is 4.98 Å². The molecule has 24 heavy (non-hydrogen) atoms. The van der Waals surface area contributed by atoms with Crippen LogP contribution in [0.1, 0.15) is 22.7 Å². The molecule has 0 aromatic carbocycles. The van der Waals surface area contributed by atoms with E-state index in [-0.39, 0.29) is 12.5 Å². The highest BCUT2D eigenvalue weighted by molar-refractivity contribution is 5.93. The van der Waals surface area contributed by atoms with Crippen molar-refractivity contribution >= 4 is 11.6 Å². The molecule has 6 nitrogen and oxygen atoms in total. The Balaban J connectivity index is 1.65. The molecule has 0 aliphatic carbocycles. The summed E-state index contributed by atoms with van der Waals surface area (Å²) in [5.41, 5.74) is 2.01. The minimum Gasteiger partial charge on any atom is -0.459 e. The number of carbonyl (C=O) groups is 1. The summed E-state index contributed by atoms with van der Waals surface area (Å²) in [7, 11) is 0. The summed E-state index contributed by atoms with van der Waals surface area (Å²) in [5, 5.41) is 9.10. The Morgan fingerprint density at radius 3 is 2.88 bits per heavy atom. The molecule has 0 atom stereocenters. The molecule has 0 unspecified atom stereocenters. The molecule has 1 aliphatic rings. The van der Waals surface area contributed by atoms with Crippen LogP contribution >= 0.6 is 0 Å². The lowest BCUT2D eigenvalue weighted by Gasteiger charge is -2.22. The van der Waals surface area contributed by atoms with Gasteiger partial charge in [0.15, 0.2) is 0 Å². The van der Waals surface area contributed by atoms with E-state index in [2.05, 4.69) is 11.1 Å². The molecule has 0 spiro atoms. The van der Waals surface area contributed by atoms with Gasteiger partial charge in [-0.05, 0) is 30.7 Å². The smallest absolute Gasteiger partial charge is 0.274 e. The van der Waals surface area contributed by atoms with Crippen molar-refractivity contribution in [3.05, 3.63) is 60.3 Å². The van der Waals surface area contributed by atoms with Gasteiger partial charge in [-0.15, -0.1) is 0 Å². The normalized spacial score (nSPS) is 14.5. The minimum atomic E-state index is -0.129. The number of carbonyl (C=O) groups excluding carboxylic acids is 1. The van der Waals surface area contributed by atoms with E-state index in [1.807, 2.05) is 34.9 Å². The Morgan fingerprint density at radius 2 is 2.12 bits per heavy atom. The van der Waals surface area contributed by atoms with Crippen LogP contribution in [0, 0.1) is 0 Å². The first kappa shape index (κ1) is 14.7. The lowest BCUT2D eigenvalue weighted by atomic mass is 10.2. The van der Waals surface area contributed by atoms with Crippen LogP contribution in [-0.2, 0) is 6.61 Å². The summed E-state index contributed by atoms with van der Waals surface area (Å²) in [5.74, 6) is 1.14. The molecule has 4 rings (SSSR count). The summed E-state index contributed by atoms with van der Waals surface area (Å²) in [6.45, 7) is 1.23. The van der Waals surface area contributed by atoms with E-state index < -0.39 is 0 Å². The number of hydrogen-bond acceptors (Lipinski definition) is 4. The van der Waals surface area contributed by atoms with Gasteiger partial charge in [0, 0.05) is 31.0 Å².